The first-order valence-corrected chi connectivity index (χ1v) is 8.79. The predicted octanol–water partition coefficient (Wildman–Crippen LogP) is 4.41. The Bertz CT molecular complexity index is 792. The molecule has 4 nitrogen and oxygen atoms in total. The molecule has 0 aliphatic heterocycles. The van der Waals surface area contributed by atoms with Gasteiger partial charge in [0.25, 0.3) is 5.91 Å². The number of ether oxygens (including phenoxy) is 2. The summed E-state index contributed by atoms with van der Waals surface area (Å²) in [7, 11) is 3.17. The van der Waals surface area contributed by atoms with Crippen LogP contribution < -0.4 is 9.47 Å². The molecule has 6 heteroatoms. The number of hydrogen-bond donors (Lipinski definition) is 0. The van der Waals surface area contributed by atoms with Gasteiger partial charge >= 0.3 is 0 Å². The largest absolute Gasteiger partial charge is 0.497 e. The molecule has 1 saturated carbocycles. The molecule has 0 aromatic heterocycles. The molecule has 132 valence electrons. The third-order valence-electron chi connectivity index (χ3n) is 4.24. The SMILES string of the molecule is COc1ccc(CN(C(=O)c2ccc(Br)cc2F)C2CC2)c(OC)c1. The highest BCUT2D eigenvalue weighted by atomic mass is 79.9. The van der Waals surface area contributed by atoms with Crippen molar-refractivity contribution in [3.05, 3.63) is 57.8 Å². The molecule has 0 saturated heterocycles. The lowest BCUT2D eigenvalue weighted by Crippen LogP contribution is -2.33. The van der Waals surface area contributed by atoms with Crippen LogP contribution in [0.15, 0.2) is 40.9 Å². The van der Waals surface area contributed by atoms with E-state index < -0.39 is 5.82 Å². The Morgan fingerprint density at radius 3 is 2.56 bits per heavy atom. The summed E-state index contributed by atoms with van der Waals surface area (Å²) < 4.78 is 25.4. The van der Waals surface area contributed by atoms with E-state index in [-0.39, 0.29) is 17.5 Å². The third kappa shape index (κ3) is 3.95. The van der Waals surface area contributed by atoms with E-state index in [4.69, 9.17) is 9.47 Å². The van der Waals surface area contributed by atoms with Gasteiger partial charge in [0.15, 0.2) is 0 Å². The van der Waals surface area contributed by atoms with Crippen molar-refractivity contribution >= 4 is 21.8 Å². The van der Waals surface area contributed by atoms with Crippen LogP contribution in [0.25, 0.3) is 0 Å². The topological polar surface area (TPSA) is 38.8 Å². The fraction of sp³-hybridized carbons (Fsp3) is 0.316. The quantitative estimate of drug-likeness (QED) is 0.711. The monoisotopic (exact) mass is 407 g/mol. The molecule has 0 N–H and O–H groups in total. The zero-order valence-corrected chi connectivity index (χ0v) is 15.7. The maximum absolute atomic E-state index is 14.2. The minimum absolute atomic E-state index is 0.0857. The van der Waals surface area contributed by atoms with Crippen LogP contribution in [0.3, 0.4) is 0 Å². The Kier molecular flexibility index (Phi) is 5.27. The lowest BCUT2D eigenvalue weighted by atomic mass is 10.1. The first-order chi connectivity index (χ1) is 12.0. The molecule has 0 heterocycles. The van der Waals surface area contributed by atoms with Gasteiger partial charge in [-0.05, 0) is 43.2 Å². The van der Waals surface area contributed by atoms with Gasteiger partial charge in [-0.1, -0.05) is 15.9 Å². The van der Waals surface area contributed by atoms with Crippen molar-refractivity contribution in [2.75, 3.05) is 14.2 Å². The highest BCUT2D eigenvalue weighted by Crippen LogP contribution is 2.33. The van der Waals surface area contributed by atoms with Crippen LogP contribution in [0.5, 0.6) is 11.5 Å². The van der Waals surface area contributed by atoms with Gasteiger partial charge in [-0.25, -0.2) is 4.39 Å². The van der Waals surface area contributed by atoms with Crippen molar-refractivity contribution in [2.45, 2.75) is 25.4 Å². The molecule has 0 bridgehead atoms. The van der Waals surface area contributed by atoms with Crippen LogP contribution in [0, 0.1) is 5.82 Å². The Balaban J connectivity index is 1.88. The van der Waals surface area contributed by atoms with Crippen molar-refractivity contribution in [1.29, 1.82) is 0 Å². The van der Waals surface area contributed by atoms with Gasteiger partial charge in [-0.2, -0.15) is 0 Å². The Hall–Kier alpha value is -2.08. The van der Waals surface area contributed by atoms with E-state index in [0.717, 1.165) is 18.4 Å². The maximum atomic E-state index is 14.2. The van der Waals surface area contributed by atoms with Crippen LogP contribution in [0.2, 0.25) is 0 Å². The van der Waals surface area contributed by atoms with Gasteiger partial charge in [0.2, 0.25) is 0 Å². The number of carbonyl (C=O) groups excluding carboxylic acids is 1. The predicted molar refractivity (Wildman–Crippen MR) is 96.5 cm³/mol. The van der Waals surface area contributed by atoms with Crippen LogP contribution in [-0.4, -0.2) is 31.1 Å². The van der Waals surface area contributed by atoms with Gasteiger partial charge in [0.05, 0.1) is 19.8 Å². The molecule has 25 heavy (non-hydrogen) atoms. The lowest BCUT2D eigenvalue weighted by molar-refractivity contribution is 0.0724. The third-order valence-corrected chi connectivity index (χ3v) is 4.74. The molecule has 1 amide bonds. The lowest BCUT2D eigenvalue weighted by Gasteiger charge is -2.24. The number of halogens is 2. The zero-order chi connectivity index (χ0) is 18.0. The number of rotatable bonds is 6. The Labute approximate surface area is 154 Å². The molecule has 1 aliphatic carbocycles. The summed E-state index contributed by atoms with van der Waals surface area (Å²) in [5.74, 6) is 0.509. The minimum Gasteiger partial charge on any atom is -0.497 e. The number of amides is 1. The maximum Gasteiger partial charge on any atom is 0.257 e. The first-order valence-electron chi connectivity index (χ1n) is 8.00. The summed E-state index contributed by atoms with van der Waals surface area (Å²) in [5.41, 5.74) is 0.948. The number of methoxy groups -OCH3 is 2. The molecule has 0 spiro atoms. The molecule has 0 atom stereocenters. The average Bonchev–Trinajstić information content (AvgIpc) is 3.44. The van der Waals surface area contributed by atoms with Crippen molar-refractivity contribution in [2.24, 2.45) is 0 Å². The molecular formula is C19H19BrFNO3. The summed E-state index contributed by atoms with van der Waals surface area (Å²) in [6.45, 7) is 0.367. The van der Waals surface area contributed by atoms with E-state index in [1.165, 1.54) is 12.1 Å². The van der Waals surface area contributed by atoms with Crippen molar-refractivity contribution < 1.29 is 18.7 Å². The van der Waals surface area contributed by atoms with Gasteiger partial charge in [-0.3, -0.25) is 4.79 Å². The van der Waals surface area contributed by atoms with E-state index in [9.17, 15) is 9.18 Å². The smallest absolute Gasteiger partial charge is 0.257 e. The molecule has 2 aromatic carbocycles. The van der Waals surface area contributed by atoms with Crippen LogP contribution in [0.4, 0.5) is 4.39 Å². The number of hydrogen-bond acceptors (Lipinski definition) is 3. The standard InChI is InChI=1S/C19H19BrFNO3/c1-24-15-7-3-12(18(10-15)25-2)11-22(14-5-6-14)19(23)16-8-4-13(20)9-17(16)21/h3-4,7-10,14H,5-6,11H2,1-2H3. The fourth-order valence-corrected chi connectivity index (χ4v) is 3.07. The molecule has 0 unspecified atom stereocenters. The zero-order valence-electron chi connectivity index (χ0n) is 14.1. The average molecular weight is 408 g/mol. The summed E-state index contributed by atoms with van der Waals surface area (Å²) >= 11 is 3.22. The highest BCUT2D eigenvalue weighted by molar-refractivity contribution is 9.10. The van der Waals surface area contributed by atoms with Gasteiger partial charge < -0.3 is 14.4 Å². The normalized spacial score (nSPS) is 13.4. The summed E-state index contributed by atoms with van der Waals surface area (Å²) in [6.07, 6.45) is 1.87. The van der Waals surface area contributed by atoms with Crippen LogP contribution in [-0.2, 0) is 6.54 Å². The highest BCUT2D eigenvalue weighted by Gasteiger charge is 2.34. The summed E-state index contributed by atoms with van der Waals surface area (Å²) in [5, 5.41) is 0. The van der Waals surface area contributed by atoms with Crippen molar-refractivity contribution in [1.82, 2.24) is 4.90 Å². The fourth-order valence-electron chi connectivity index (χ4n) is 2.74. The van der Waals surface area contributed by atoms with E-state index in [0.29, 0.717) is 22.5 Å². The van der Waals surface area contributed by atoms with E-state index >= 15 is 0 Å². The first kappa shape index (κ1) is 17.7. The molecule has 1 aliphatic rings. The van der Waals surface area contributed by atoms with Crippen molar-refractivity contribution in [3.8, 4) is 11.5 Å². The molecule has 0 radical (unpaired) electrons. The van der Waals surface area contributed by atoms with Gasteiger partial charge in [-0.15, -0.1) is 0 Å². The van der Waals surface area contributed by atoms with E-state index in [2.05, 4.69) is 15.9 Å². The molecular weight excluding hydrogens is 389 g/mol. The van der Waals surface area contributed by atoms with Crippen molar-refractivity contribution in [3.63, 3.8) is 0 Å². The number of carbonyl (C=O) groups is 1. The second-order valence-corrected chi connectivity index (χ2v) is 6.88. The Morgan fingerprint density at radius 2 is 1.96 bits per heavy atom. The molecule has 2 aromatic rings. The van der Waals surface area contributed by atoms with E-state index in [1.54, 1.807) is 31.3 Å². The second-order valence-electron chi connectivity index (χ2n) is 5.97. The second kappa shape index (κ2) is 7.44. The van der Waals surface area contributed by atoms with Gasteiger partial charge in [0.1, 0.15) is 17.3 Å². The van der Waals surface area contributed by atoms with Crippen LogP contribution >= 0.6 is 15.9 Å². The number of nitrogens with zero attached hydrogens (tertiary/aromatic N) is 1. The summed E-state index contributed by atoms with van der Waals surface area (Å²) in [6, 6.07) is 10.1. The van der Waals surface area contributed by atoms with Gasteiger partial charge in [0, 0.05) is 28.7 Å². The number of benzene rings is 2. The Morgan fingerprint density at radius 1 is 1.20 bits per heavy atom. The minimum atomic E-state index is -0.522. The summed E-state index contributed by atoms with van der Waals surface area (Å²) in [4.78, 5) is 14.6. The van der Waals surface area contributed by atoms with Crippen LogP contribution in [0.1, 0.15) is 28.8 Å². The van der Waals surface area contributed by atoms with E-state index in [1.807, 2.05) is 12.1 Å². The molecule has 3 rings (SSSR count). The molecule has 1 fully saturated rings.